The summed E-state index contributed by atoms with van der Waals surface area (Å²) in [5.41, 5.74) is 3.26. The van der Waals surface area contributed by atoms with E-state index in [1.807, 2.05) is 43.3 Å². The molecule has 5 heteroatoms. The Balaban J connectivity index is 1.77. The molecule has 3 aromatic rings. The third-order valence-electron chi connectivity index (χ3n) is 4.41. The molecule has 3 rings (SSSR count). The molecule has 0 aliphatic heterocycles. The van der Waals surface area contributed by atoms with Gasteiger partial charge in [-0.25, -0.2) is 4.98 Å². The zero-order valence-corrected chi connectivity index (χ0v) is 15.5. The maximum absolute atomic E-state index is 11.4. The minimum atomic E-state index is -0.163. The standard InChI is InChI=1S/C21H25N3O2/c1-4-17-9-11-18(12-10-17)26-14-13-24-20-8-6-5-7-19(20)23-21(24)15(2)22-16(3)25/h5-12,15H,4,13-14H2,1-3H3,(H,22,25). The third kappa shape index (κ3) is 4.04. The van der Waals surface area contributed by atoms with E-state index in [1.54, 1.807) is 0 Å². The van der Waals surface area contributed by atoms with Crippen molar-refractivity contribution in [3.05, 3.63) is 59.9 Å². The van der Waals surface area contributed by atoms with Crippen molar-refractivity contribution in [1.82, 2.24) is 14.9 Å². The van der Waals surface area contributed by atoms with Crippen LogP contribution in [0.2, 0.25) is 0 Å². The number of hydrogen-bond acceptors (Lipinski definition) is 3. The number of carbonyl (C=O) groups excluding carboxylic acids is 1. The number of imidazole rings is 1. The quantitative estimate of drug-likeness (QED) is 0.703. The molecule has 5 nitrogen and oxygen atoms in total. The van der Waals surface area contributed by atoms with Gasteiger partial charge >= 0.3 is 0 Å². The van der Waals surface area contributed by atoms with E-state index in [4.69, 9.17) is 9.72 Å². The minimum Gasteiger partial charge on any atom is -0.492 e. The summed E-state index contributed by atoms with van der Waals surface area (Å²) < 4.78 is 8.03. The predicted octanol–water partition coefficient (Wildman–Crippen LogP) is 3.87. The molecule has 1 aromatic heterocycles. The Morgan fingerprint density at radius 2 is 1.92 bits per heavy atom. The van der Waals surface area contributed by atoms with Gasteiger partial charge in [0.2, 0.25) is 5.91 Å². The Kier molecular flexibility index (Phi) is 5.56. The van der Waals surface area contributed by atoms with E-state index < -0.39 is 0 Å². The van der Waals surface area contributed by atoms with Gasteiger partial charge in [-0.1, -0.05) is 31.2 Å². The number of fused-ring (bicyclic) bond motifs is 1. The summed E-state index contributed by atoms with van der Waals surface area (Å²) in [7, 11) is 0. The average Bonchev–Trinajstić information content (AvgIpc) is 3.01. The van der Waals surface area contributed by atoms with Crippen molar-refractivity contribution in [3.8, 4) is 5.75 Å². The maximum Gasteiger partial charge on any atom is 0.217 e. The smallest absolute Gasteiger partial charge is 0.217 e. The number of hydrogen-bond donors (Lipinski definition) is 1. The van der Waals surface area contributed by atoms with Crippen LogP contribution in [-0.4, -0.2) is 22.1 Å². The first-order valence-corrected chi connectivity index (χ1v) is 9.02. The van der Waals surface area contributed by atoms with Crippen LogP contribution in [0.25, 0.3) is 11.0 Å². The highest BCUT2D eigenvalue weighted by molar-refractivity contribution is 5.77. The summed E-state index contributed by atoms with van der Waals surface area (Å²) in [5, 5.41) is 2.92. The fraction of sp³-hybridized carbons (Fsp3) is 0.333. The highest BCUT2D eigenvalue weighted by atomic mass is 16.5. The molecule has 2 aromatic carbocycles. The van der Waals surface area contributed by atoms with Crippen LogP contribution in [0.3, 0.4) is 0 Å². The van der Waals surface area contributed by atoms with Crippen molar-refractivity contribution < 1.29 is 9.53 Å². The van der Waals surface area contributed by atoms with Crippen LogP contribution in [0.1, 0.15) is 38.2 Å². The van der Waals surface area contributed by atoms with Gasteiger partial charge in [-0.2, -0.15) is 0 Å². The van der Waals surface area contributed by atoms with Crippen molar-refractivity contribution in [2.24, 2.45) is 0 Å². The first-order valence-electron chi connectivity index (χ1n) is 9.02. The Bertz CT molecular complexity index is 884. The summed E-state index contributed by atoms with van der Waals surface area (Å²) in [5.74, 6) is 1.64. The van der Waals surface area contributed by atoms with E-state index in [-0.39, 0.29) is 11.9 Å². The lowest BCUT2D eigenvalue weighted by Gasteiger charge is -2.16. The van der Waals surface area contributed by atoms with Crippen LogP contribution in [-0.2, 0) is 17.8 Å². The van der Waals surface area contributed by atoms with Crippen molar-refractivity contribution in [2.45, 2.75) is 39.8 Å². The fourth-order valence-corrected chi connectivity index (χ4v) is 3.11. The monoisotopic (exact) mass is 351 g/mol. The summed E-state index contributed by atoms with van der Waals surface area (Å²) in [6.07, 6.45) is 1.02. The van der Waals surface area contributed by atoms with Crippen molar-refractivity contribution in [1.29, 1.82) is 0 Å². The number of nitrogens with one attached hydrogen (secondary N) is 1. The van der Waals surface area contributed by atoms with E-state index in [2.05, 4.69) is 28.9 Å². The number of rotatable bonds is 7. The van der Waals surface area contributed by atoms with Crippen molar-refractivity contribution >= 4 is 16.9 Å². The van der Waals surface area contributed by atoms with Gasteiger partial charge in [0.1, 0.15) is 18.2 Å². The topological polar surface area (TPSA) is 56.1 Å². The molecule has 1 unspecified atom stereocenters. The molecule has 0 fully saturated rings. The van der Waals surface area contributed by atoms with Crippen LogP contribution in [0.5, 0.6) is 5.75 Å². The van der Waals surface area contributed by atoms with E-state index >= 15 is 0 Å². The molecular weight excluding hydrogens is 326 g/mol. The van der Waals surface area contributed by atoms with E-state index in [1.165, 1.54) is 12.5 Å². The second-order valence-corrected chi connectivity index (χ2v) is 6.38. The first kappa shape index (κ1) is 18.0. The van der Waals surface area contributed by atoms with E-state index in [0.717, 1.165) is 29.0 Å². The highest BCUT2D eigenvalue weighted by Crippen LogP contribution is 2.21. The Morgan fingerprint density at radius 1 is 1.19 bits per heavy atom. The van der Waals surface area contributed by atoms with Crippen LogP contribution in [0.4, 0.5) is 0 Å². The molecule has 0 bridgehead atoms. The van der Waals surface area contributed by atoms with Gasteiger partial charge in [0.05, 0.1) is 23.6 Å². The molecular formula is C21H25N3O2. The fourth-order valence-electron chi connectivity index (χ4n) is 3.11. The molecule has 1 atom stereocenters. The normalized spacial score (nSPS) is 12.1. The Hall–Kier alpha value is -2.82. The van der Waals surface area contributed by atoms with Crippen molar-refractivity contribution in [3.63, 3.8) is 0 Å². The zero-order chi connectivity index (χ0) is 18.5. The molecule has 1 N–H and O–H groups in total. The van der Waals surface area contributed by atoms with Crippen LogP contribution in [0.15, 0.2) is 48.5 Å². The van der Waals surface area contributed by atoms with Crippen LogP contribution < -0.4 is 10.1 Å². The molecule has 0 saturated carbocycles. The molecule has 0 aliphatic rings. The van der Waals surface area contributed by atoms with Gasteiger partial charge in [-0.05, 0) is 43.2 Å². The number of ether oxygens (including phenoxy) is 1. The summed E-state index contributed by atoms with van der Waals surface area (Å²) in [6, 6.07) is 16.0. The molecule has 0 saturated heterocycles. The number of benzene rings is 2. The van der Waals surface area contributed by atoms with Gasteiger partial charge in [0.15, 0.2) is 0 Å². The SMILES string of the molecule is CCc1ccc(OCCn2c(C(C)NC(C)=O)nc3ccccc32)cc1. The molecule has 1 amide bonds. The summed E-state index contributed by atoms with van der Waals surface area (Å²) in [4.78, 5) is 16.1. The molecule has 0 radical (unpaired) electrons. The number of nitrogens with zero attached hydrogens (tertiary/aromatic N) is 2. The largest absolute Gasteiger partial charge is 0.492 e. The Morgan fingerprint density at radius 3 is 2.62 bits per heavy atom. The number of para-hydroxylation sites is 2. The lowest BCUT2D eigenvalue weighted by molar-refractivity contribution is -0.119. The van der Waals surface area contributed by atoms with E-state index in [9.17, 15) is 4.79 Å². The molecule has 1 heterocycles. The third-order valence-corrected chi connectivity index (χ3v) is 4.41. The second kappa shape index (κ2) is 8.04. The van der Waals surface area contributed by atoms with Gasteiger partial charge in [0.25, 0.3) is 0 Å². The lowest BCUT2D eigenvalue weighted by atomic mass is 10.2. The number of aryl methyl sites for hydroxylation is 1. The molecule has 0 aliphatic carbocycles. The molecule has 26 heavy (non-hydrogen) atoms. The van der Waals surface area contributed by atoms with Gasteiger partial charge in [-0.15, -0.1) is 0 Å². The van der Waals surface area contributed by atoms with E-state index in [0.29, 0.717) is 13.2 Å². The van der Waals surface area contributed by atoms with Gasteiger partial charge < -0.3 is 14.6 Å². The number of amides is 1. The summed E-state index contributed by atoms with van der Waals surface area (Å²) >= 11 is 0. The van der Waals surface area contributed by atoms with Gasteiger partial charge in [-0.3, -0.25) is 4.79 Å². The molecule has 0 spiro atoms. The number of carbonyl (C=O) groups is 1. The maximum atomic E-state index is 11.4. The predicted molar refractivity (Wildman–Crippen MR) is 103 cm³/mol. The van der Waals surface area contributed by atoms with Crippen LogP contribution in [0, 0.1) is 0 Å². The number of aromatic nitrogens is 2. The minimum absolute atomic E-state index is 0.0663. The van der Waals surface area contributed by atoms with Gasteiger partial charge in [0, 0.05) is 6.92 Å². The second-order valence-electron chi connectivity index (χ2n) is 6.38. The highest BCUT2D eigenvalue weighted by Gasteiger charge is 2.17. The average molecular weight is 351 g/mol. The zero-order valence-electron chi connectivity index (χ0n) is 15.5. The lowest BCUT2D eigenvalue weighted by Crippen LogP contribution is -2.27. The molecule has 136 valence electrons. The van der Waals surface area contributed by atoms with Crippen LogP contribution >= 0.6 is 0 Å². The van der Waals surface area contributed by atoms with Crippen molar-refractivity contribution in [2.75, 3.05) is 6.61 Å². The summed E-state index contributed by atoms with van der Waals surface area (Å²) in [6.45, 7) is 6.80. The first-order chi connectivity index (χ1) is 12.6. The Labute approximate surface area is 154 Å².